The number of aromatic nitrogens is 1. The summed E-state index contributed by atoms with van der Waals surface area (Å²) in [6.45, 7) is 0. The Balaban J connectivity index is 1.18. The lowest BCUT2D eigenvalue weighted by Crippen LogP contribution is -3.07. The summed E-state index contributed by atoms with van der Waals surface area (Å²) in [5, 5.41) is 10.0. The average Bonchev–Trinajstić information content (AvgIpc) is 3.86. The molecule has 0 aliphatic carbocycles. The molecule has 0 amide bonds. The third-order valence-electron chi connectivity index (χ3n) is 12.5. The minimum absolute atomic E-state index is 0.880. The van der Waals surface area contributed by atoms with Gasteiger partial charge in [0.2, 0.25) is 0 Å². The Hall–Kier alpha value is -7.39. The van der Waals surface area contributed by atoms with Gasteiger partial charge in [-0.1, -0.05) is 176 Å². The molecule has 0 radical (unpaired) electrons. The van der Waals surface area contributed by atoms with Gasteiger partial charge in [0.15, 0.2) is 0 Å². The molecule has 3 heterocycles. The van der Waals surface area contributed by atoms with Gasteiger partial charge in [-0.05, 0) is 81.4 Å². The Morgan fingerprint density at radius 3 is 1.08 bits per heavy atom. The first-order valence-corrected chi connectivity index (χ1v) is 24.4. The van der Waals surface area contributed by atoms with Crippen LogP contribution in [0.4, 0.5) is 11.4 Å². The summed E-state index contributed by atoms with van der Waals surface area (Å²) in [5.74, 6) is 0. The van der Waals surface area contributed by atoms with Gasteiger partial charge in [-0.2, -0.15) is 0 Å². The molecule has 1 aliphatic heterocycles. The van der Waals surface area contributed by atoms with Crippen LogP contribution in [0.15, 0.2) is 241 Å². The van der Waals surface area contributed by atoms with Crippen molar-refractivity contribution in [1.82, 2.24) is 4.57 Å². The molecular formula is C54H39N3OSi2. The molecule has 2 aromatic heterocycles. The molecule has 0 bridgehead atoms. The van der Waals surface area contributed by atoms with Crippen molar-refractivity contribution < 1.29 is 4.42 Å². The molecule has 1 saturated heterocycles. The zero-order valence-electron chi connectivity index (χ0n) is 32.8. The minimum Gasteiger partial charge on any atom is -0.456 e. The lowest BCUT2D eigenvalue weighted by Gasteiger charge is -2.73. The van der Waals surface area contributed by atoms with Gasteiger partial charge in [0, 0.05) is 38.6 Å². The first kappa shape index (κ1) is 34.6. The fourth-order valence-electron chi connectivity index (χ4n) is 10.2. The Kier molecular flexibility index (Phi) is 7.85. The molecule has 60 heavy (non-hydrogen) atoms. The van der Waals surface area contributed by atoms with E-state index in [-0.39, 0.29) is 0 Å². The summed E-state index contributed by atoms with van der Waals surface area (Å²) in [4.78, 5) is 0. The summed E-state index contributed by atoms with van der Waals surface area (Å²) < 4.78 is 15.0. The van der Waals surface area contributed by atoms with E-state index in [9.17, 15) is 0 Å². The molecular weight excluding hydrogens is 763 g/mol. The number of nitrogens with zero attached hydrogens (tertiary/aromatic N) is 3. The summed E-state index contributed by atoms with van der Waals surface area (Å²) in [6.07, 6.45) is 0. The highest BCUT2D eigenvalue weighted by Crippen LogP contribution is 2.47. The summed E-state index contributed by atoms with van der Waals surface area (Å²) in [5.41, 5.74) is 7.68. The minimum atomic E-state index is -3.09. The van der Waals surface area contributed by atoms with Crippen molar-refractivity contribution in [1.29, 1.82) is 0 Å². The van der Waals surface area contributed by atoms with Crippen molar-refractivity contribution in [2.45, 2.75) is 0 Å². The van der Waals surface area contributed by atoms with Gasteiger partial charge in [0.25, 0.3) is 0 Å². The maximum atomic E-state index is 6.70. The van der Waals surface area contributed by atoms with Gasteiger partial charge in [0.1, 0.15) is 11.2 Å². The number of hydrogen-bond donors (Lipinski definition) is 0. The fraction of sp³-hybridized carbons (Fsp3) is 0. The molecule has 1 fully saturated rings. The highest BCUT2D eigenvalue weighted by Gasteiger charge is 2.75. The predicted octanol–water partition coefficient (Wildman–Crippen LogP) is 10.5. The molecule has 1 aliphatic rings. The molecule has 0 spiro atoms. The molecule has 0 N–H and O–H groups in total. The number of anilines is 2. The second-order valence-electron chi connectivity index (χ2n) is 15.6. The van der Waals surface area contributed by atoms with Crippen LogP contribution in [-0.4, -0.2) is 21.4 Å². The Bertz CT molecular complexity index is 3110. The lowest BCUT2D eigenvalue weighted by molar-refractivity contribution is 0.669. The first-order chi connectivity index (χ1) is 29.8. The van der Waals surface area contributed by atoms with Crippen LogP contribution >= 0.6 is 0 Å². The molecule has 0 unspecified atom stereocenters. The van der Waals surface area contributed by atoms with E-state index in [1.54, 1.807) is 0 Å². The fourth-order valence-corrected chi connectivity index (χ4v) is 25.4. The molecule has 0 atom stereocenters. The second-order valence-corrected chi connectivity index (χ2v) is 23.3. The van der Waals surface area contributed by atoms with Gasteiger partial charge >= 0.3 is 16.8 Å². The zero-order chi connectivity index (χ0) is 39.7. The van der Waals surface area contributed by atoms with Crippen LogP contribution in [0.2, 0.25) is 0 Å². The highest BCUT2D eigenvalue weighted by molar-refractivity contribution is 7.38. The largest absolute Gasteiger partial charge is 0.456 e. The molecule has 6 heteroatoms. The molecule has 284 valence electrons. The van der Waals surface area contributed by atoms with Crippen LogP contribution < -0.4 is 29.2 Å². The van der Waals surface area contributed by atoms with Crippen LogP contribution in [0.25, 0.3) is 49.4 Å². The van der Waals surface area contributed by atoms with Crippen molar-refractivity contribution in [3.8, 4) is 5.69 Å². The molecule has 12 rings (SSSR count). The van der Waals surface area contributed by atoms with Crippen LogP contribution in [-0.2, 0) is 0 Å². The average molecular weight is 802 g/mol. The molecule has 11 aromatic rings. The lowest BCUT2D eigenvalue weighted by atomic mass is 10.1. The van der Waals surface area contributed by atoms with Crippen LogP contribution in [0.1, 0.15) is 0 Å². The van der Waals surface area contributed by atoms with E-state index < -0.39 is 16.8 Å². The summed E-state index contributed by atoms with van der Waals surface area (Å²) in [7, 11) is -6.19. The van der Waals surface area contributed by atoms with Gasteiger partial charge in [0.05, 0.1) is 11.0 Å². The first-order valence-electron chi connectivity index (χ1n) is 20.6. The van der Waals surface area contributed by atoms with Crippen molar-refractivity contribution >= 4 is 92.7 Å². The van der Waals surface area contributed by atoms with E-state index in [1.807, 2.05) is 0 Å². The third kappa shape index (κ3) is 4.83. The van der Waals surface area contributed by atoms with E-state index in [2.05, 4.69) is 250 Å². The molecule has 4 nitrogen and oxygen atoms in total. The van der Waals surface area contributed by atoms with Gasteiger partial charge in [-0.3, -0.25) is 0 Å². The second kappa shape index (κ2) is 13.6. The number of hydrogen-bond acceptors (Lipinski definition) is 3. The van der Waals surface area contributed by atoms with E-state index >= 15 is 0 Å². The normalized spacial score (nSPS) is 14.5. The van der Waals surface area contributed by atoms with Crippen molar-refractivity contribution in [2.75, 3.05) is 8.46 Å². The van der Waals surface area contributed by atoms with Crippen LogP contribution in [0.3, 0.4) is 0 Å². The van der Waals surface area contributed by atoms with Crippen molar-refractivity contribution in [2.24, 2.45) is 0 Å². The maximum absolute atomic E-state index is 6.70. The van der Waals surface area contributed by atoms with Gasteiger partial charge in [-0.25, -0.2) is 0 Å². The Labute approximate surface area is 350 Å². The van der Waals surface area contributed by atoms with Crippen LogP contribution in [0, 0.1) is 0 Å². The highest BCUT2D eigenvalue weighted by atomic mass is 28.5. The molecule has 9 aromatic carbocycles. The van der Waals surface area contributed by atoms with Crippen LogP contribution in [0.5, 0.6) is 0 Å². The summed E-state index contributed by atoms with van der Waals surface area (Å²) in [6, 6.07) is 87.4. The van der Waals surface area contributed by atoms with Gasteiger partial charge < -0.3 is 17.4 Å². The number of rotatable bonds is 7. The monoisotopic (exact) mass is 801 g/mol. The zero-order valence-corrected chi connectivity index (χ0v) is 34.8. The Morgan fingerprint density at radius 1 is 0.283 bits per heavy atom. The van der Waals surface area contributed by atoms with Crippen molar-refractivity contribution in [3.05, 3.63) is 237 Å². The third-order valence-corrected chi connectivity index (χ3v) is 24.6. The number of furan rings is 1. The smallest absolute Gasteiger partial charge is 0.318 e. The van der Waals surface area contributed by atoms with E-state index in [1.165, 1.54) is 53.9 Å². The number of benzene rings is 9. The van der Waals surface area contributed by atoms with E-state index in [0.717, 1.165) is 27.6 Å². The predicted molar refractivity (Wildman–Crippen MR) is 255 cm³/mol. The topological polar surface area (TPSA) is 24.6 Å². The Morgan fingerprint density at radius 2 is 0.633 bits per heavy atom. The SMILES string of the molecule is c1ccc(N2[Si](c3ccccc3)(c3ccccc3)N(c3ccc4oc5ccc(-n6c7ccccc7c7ccccc76)cc5c4c3)[Si]2(c2ccccc2)c2ccccc2)cc1. The number of fused-ring (bicyclic) bond motifs is 6. The van der Waals surface area contributed by atoms with Crippen molar-refractivity contribution in [3.63, 3.8) is 0 Å². The molecule has 0 saturated carbocycles. The van der Waals surface area contributed by atoms with E-state index in [4.69, 9.17) is 4.42 Å². The number of para-hydroxylation sites is 3. The standard InChI is InChI=1S/C54H39N3OSi2/c1-6-20-40(21-7-1)56-59(43-22-8-2-9-23-43,44-24-10-3-11-25-44)57(60(56,45-26-12-4-13-27-45)46-28-14-5-15-29-46)42-35-37-54-50(39-42)49-38-41(34-36-53(49)58-54)55-51-32-18-16-30-47(51)48-31-17-19-33-52(48)55/h1-39H. The maximum Gasteiger partial charge on any atom is 0.318 e. The van der Waals surface area contributed by atoms with Gasteiger partial charge in [-0.15, -0.1) is 0 Å². The van der Waals surface area contributed by atoms with E-state index in [0.29, 0.717) is 0 Å². The summed E-state index contributed by atoms with van der Waals surface area (Å²) >= 11 is 0. The quantitative estimate of drug-likeness (QED) is 0.150.